The Kier molecular flexibility index (Phi) is 4.48. The average Bonchev–Trinajstić information content (AvgIpc) is 3.15. The lowest BCUT2D eigenvalue weighted by molar-refractivity contribution is 0.0706. The number of aromatic amines is 1. The number of piperidine rings is 1. The van der Waals surface area contributed by atoms with Crippen LogP contribution in [-0.4, -0.2) is 44.1 Å². The number of hydrogen-bond acceptors (Lipinski definition) is 4. The van der Waals surface area contributed by atoms with Crippen molar-refractivity contribution in [2.75, 3.05) is 13.1 Å². The summed E-state index contributed by atoms with van der Waals surface area (Å²) in [4.78, 5) is 23.6. The van der Waals surface area contributed by atoms with Crippen molar-refractivity contribution in [3.8, 4) is 11.3 Å². The Labute approximate surface area is 152 Å². The molecule has 1 atom stereocenters. The summed E-state index contributed by atoms with van der Waals surface area (Å²) in [6, 6.07) is 11.8. The second kappa shape index (κ2) is 7.07. The van der Waals surface area contributed by atoms with E-state index in [1.54, 1.807) is 6.20 Å². The van der Waals surface area contributed by atoms with Crippen LogP contribution in [0.1, 0.15) is 40.5 Å². The Balaban J connectivity index is 1.60. The second-order valence-electron chi connectivity index (χ2n) is 6.72. The third-order valence-electron chi connectivity index (χ3n) is 4.84. The van der Waals surface area contributed by atoms with Gasteiger partial charge in [0.05, 0.1) is 17.0 Å². The lowest BCUT2D eigenvalue weighted by Gasteiger charge is -2.32. The molecule has 1 aliphatic heterocycles. The number of H-pyrrole nitrogens is 1. The summed E-state index contributed by atoms with van der Waals surface area (Å²) in [5.74, 6) is 0.254. The first-order valence-corrected chi connectivity index (χ1v) is 8.89. The number of amides is 1. The predicted molar refractivity (Wildman–Crippen MR) is 98.7 cm³/mol. The van der Waals surface area contributed by atoms with Gasteiger partial charge in [0.2, 0.25) is 0 Å². The molecular formula is C20H21N5O. The van der Waals surface area contributed by atoms with Crippen molar-refractivity contribution in [2.24, 2.45) is 0 Å². The molecule has 1 aliphatic rings. The molecule has 1 amide bonds. The number of likely N-dealkylation sites (tertiary alicyclic amines) is 1. The Bertz CT molecular complexity index is 905. The number of nitrogens with zero attached hydrogens (tertiary/aromatic N) is 4. The highest BCUT2D eigenvalue weighted by atomic mass is 16.2. The number of aryl methyl sites for hydroxylation is 1. The predicted octanol–water partition coefficient (Wildman–Crippen LogP) is 3.19. The van der Waals surface area contributed by atoms with Gasteiger partial charge in [0.25, 0.3) is 5.91 Å². The molecule has 132 valence electrons. The minimum atomic E-state index is -0.0126. The molecule has 3 aromatic rings. The van der Waals surface area contributed by atoms with Crippen LogP contribution in [0.25, 0.3) is 11.3 Å². The third-order valence-corrected chi connectivity index (χ3v) is 4.84. The maximum absolute atomic E-state index is 13.2. The Morgan fingerprint density at radius 1 is 1.27 bits per heavy atom. The quantitative estimate of drug-likeness (QED) is 0.789. The number of carbonyl (C=O) groups excluding carboxylic acids is 1. The molecule has 1 unspecified atom stereocenters. The summed E-state index contributed by atoms with van der Waals surface area (Å²) in [6.07, 6.45) is 5.13. The number of carbonyl (C=O) groups is 1. The normalized spacial score (nSPS) is 17.3. The lowest BCUT2D eigenvalue weighted by atomic mass is 9.94. The minimum Gasteiger partial charge on any atom is -0.338 e. The van der Waals surface area contributed by atoms with E-state index in [1.807, 2.05) is 42.2 Å². The van der Waals surface area contributed by atoms with Gasteiger partial charge in [-0.2, -0.15) is 5.10 Å². The molecule has 1 N–H and O–H groups in total. The van der Waals surface area contributed by atoms with Crippen LogP contribution in [0.2, 0.25) is 0 Å². The van der Waals surface area contributed by atoms with Gasteiger partial charge in [0, 0.05) is 36.5 Å². The highest BCUT2D eigenvalue weighted by Crippen LogP contribution is 2.28. The van der Waals surface area contributed by atoms with Gasteiger partial charge in [-0.3, -0.25) is 9.89 Å². The van der Waals surface area contributed by atoms with Crippen LogP contribution >= 0.6 is 0 Å². The molecule has 1 aromatic carbocycles. The summed E-state index contributed by atoms with van der Waals surface area (Å²) in [6.45, 7) is 3.42. The van der Waals surface area contributed by atoms with Crippen molar-refractivity contribution in [3.05, 3.63) is 65.9 Å². The van der Waals surface area contributed by atoms with Crippen molar-refractivity contribution >= 4 is 5.91 Å². The van der Waals surface area contributed by atoms with Crippen LogP contribution in [0.3, 0.4) is 0 Å². The fourth-order valence-corrected chi connectivity index (χ4v) is 3.53. The number of hydrogen-bond donors (Lipinski definition) is 1. The molecule has 1 fully saturated rings. The van der Waals surface area contributed by atoms with Crippen molar-refractivity contribution < 1.29 is 4.79 Å². The Hall–Kier alpha value is -3.02. The van der Waals surface area contributed by atoms with E-state index in [4.69, 9.17) is 0 Å². The molecule has 0 spiro atoms. The summed E-state index contributed by atoms with van der Waals surface area (Å²) < 4.78 is 0. The summed E-state index contributed by atoms with van der Waals surface area (Å²) in [5, 5.41) is 7.38. The maximum atomic E-state index is 13.2. The van der Waals surface area contributed by atoms with E-state index in [1.165, 1.54) is 6.33 Å². The SMILES string of the molecule is Cc1cc(C2CCCN(C(=O)c3cncnc3-c3ccccc3)C2)n[nH]1. The van der Waals surface area contributed by atoms with E-state index in [9.17, 15) is 4.79 Å². The van der Waals surface area contributed by atoms with Gasteiger partial charge < -0.3 is 4.90 Å². The number of rotatable bonds is 3. The molecule has 1 saturated heterocycles. The second-order valence-corrected chi connectivity index (χ2v) is 6.72. The molecule has 0 radical (unpaired) electrons. The van der Waals surface area contributed by atoms with Gasteiger partial charge in [-0.15, -0.1) is 0 Å². The van der Waals surface area contributed by atoms with Gasteiger partial charge in [-0.1, -0.05) is 30.3 Å². The van der Waals surface area contributed by atoms with Crippen LogP contribution in [0.15, 0.2) is 48.9 Å². The van der Waals surface area contributed by atoms with Gasteiger partial charge >= 0.3 is 0 Å². The topological polar surface area (TPSA) is 74.8 Å². The van der Waals surface area contributed by atoms with E-state index in [0.29, 0.717) is 17.8 Å². The summed E-state index contributed by atoms with van der Waals surface area (Å²) in [7, 11) is 0. The smallest absolute Gasteiger partial charge is 0.257 e. The van der Waals surface area contributed by atoms with Crippen LogP contribution in [-0.2, 0) is 0 Å². The highest BCUT2D eigenvalue weighted by Gasteiger charge is 2.28. The first-order valence-electron chi connectivity index (χ1n) is 8.89. The zero-order chi connectivity index (χ0) is 17.9. The molecule has 26 heavy (non-hydrogen) atoms. The number of aromatic nitrogens is 4. The van der Waals surface area contributed by atoms with Crippen molar-refractivity contribution in [1.29, 1.82) is 0 Å². The van der Waals surface area contributed by atoms with Crippen LogP contribution < -0.4 is 0 Å². The zero-order valence-corrected chi connectivity index (χ0v) is 14.7. The van der Waals surface area contributed by atoms with Gasteiger partial charge in [-0.25, -0.2) is 9.97 Å². The molecule has 4 rings (SSSR count). The molecular weight excluding hydrogens is 326 g/mol. The van der Waals surface area contributed by atoms with Gasteiger partial charge in [0.1, 0.15) is 6.33 Å². The molecule has 0 bridgehead atoms. The highest BCUT2D eigenvalue weighted by molar-refractivity contribution is 5.99. The van der Waals surface area contributed by atoms with Gasteiger partial charge in [0.15, 0.2) is 0 Å². The van der Waals surface area contributed by atoms with E-state index in [2.05, 4.69) is 26.2 Å². The fourth-order valence-electron chi connectivity index (χ4n) is 3.53. The van der Waals surface area contributed by atoms with Crippen LogP contribution in [0.4, 0.5) is 0 Å². The van der Waals surface area contributed by atoms with E-state index in [-0.39, 0.29) is 11.8 Å². The fraction of sp³-hybridized carbons (Fsp3) is 0.300. The Morgan fingerprint density at radius 3 is 2.88 bits per heavy atom. The van der Waals surface area contributed by atoms with Crippen molar-refractivity contribution in [3.63, 3.8) is 0 Å². The largest absolute Gasteiger partial charge is 0.338 e. The first kappa shape index (κ1) is 16.4. The third kappa shape index (κ3) is 3.22. The van der Waals surface area contributed by atoms with Crippen molar-refractivity contribution in [1.82, 2.24) is 25.1 Å². The molecule has 6 heteroatoms. The van der Waals surface area contributed by atoms with E-state index in [0.717, 1.165) is 36.3 Å². The number of benzene rings is 1. The molecule has 3 heterocycles. The zero-order valence-electron chi connectivity index (χ0n) is 14.7. The first-order chi connectivity index (χ1) is 12.7. The van der Waals surface area contributed by atoms with Crippen molar-refractivity contribution in [2.45, 2.75) is 25.7 Å². The molecule has 2 aromatic heterocycles. The maximum Gasteiger partial charge on any atom is 0.257 e. The molecule has 0 saturated carbocycles. The van der Waals surface area contributed by atoms with E-state index >= 15 is 0 Å². The van der Waals surface area contributed by atoms with Crippen LogP contribution in [0, 0.1) is 6.92 Å². The Morgan fingerprint density at radius 2 is 2.12 bits per heavy atom. The average molecular weight is 347 g/mol. The van der Waals surface area contributed by atoms with Gasteiger partial charge in [-0.05, 0) is 25.8 Å². The lowest BCUT2D eigenvalue weighted by Crippen LogP contribution is -2.39. The molecule has 0 aliphatic carbocycles. The van der Waals surface area contributed by atoms with Crippen LogP contribution in [0.5, 0.6) is 0 Å². The minimum absolute atomic E-state index is 0.0126. The summed E-state index contributed by atoms with van der Waals surface area (Å²) >= 11 is 0. The summed E-state index contributed by atoms with van der Waals surface area (Å²) in [5.41, 5.74) is 4.24. The number of nitrogens with one attached hydrogen (secondary N) is 1. The van der Waals surface area contributed by atoms with E-state index < -0.39 is 0 Å². The monoisotopic (exact) mass is 347 g/mol. The molecule has 6 nitrogen and oxygen atoms in total. The standard InChI is InChI=1S/C20H21N5O/c1-14-10-18(24-23-14)16-8-5-9-25(12-16)20(26)17-11-21-13-22-19(17)15-6-3-2-4-7-15/h2-4,6-7,10-11,13,16H,5,8-9,12H2,1H3,(H,23,24).